The molecular formula is C15H22BrNO. The lowest BCUT2D eigenvalue weighted by molar-refractivity contribution is 0.115. The van der Waals surface area contributed by atoms with E-state index in [9.17, 15) is 0 Å². The van der Waals surface area contributed by atoms with Crippen molar-refractivity contribution in [3.63, 3.8) is 0 Å². The van der Waals surface area contributed by atoms with Gasteiger partial charge in [-0.1, -0.05) is 28.1 Å². The molecule has 0 radical (unpaired) electrons. The first-order chi connectivity index (χ1) is 8.69. The Morgan fingerprint density at radius 1 is 1.44 bits per heavy atom. The summed E-state index contributed by atoms with van der Waals surface area (Å²) in [6, 6.07) is 9.79. The van der Waals surface area contributed by atoms with Crippen LogP contribution in [0.4, 0.5) is 0 Å². The first-order valence-corrected chi connectivity index (χ1v) is 7.57. The molecule has 1 aliphatic rings. The van der Waals surface area contributed by atoms with Crippen molar-refractivity contribution < 1.29 is 4.74 Å². The molecule has 1 N–H and O–H groups in total. The number of ether oxygens (including phenoxy) is 1. The minimum Gasteiger partial charge on any atom is -0.380 e. The van der Waals surface area contributed by atoms with Gasteiger partial charge in [-0.3, -0.25) is 0 Å². The normalized spacial score (nSPS) is 24.6. The summed E-state index contributed by atoms with van der Waals surface area (Å²) in [6.45, 7) is 5.85. The summed E-state index contributed by atoms with van der Waals surface area (Å²) in [5, 5.41) is 3.63. The summed E-state index contributed by atoms with van der Waals surface area (Å²) in [6.07, 6.45) is 2.49. The molecule has 0 spiro atoms. The Hall–Kier alpha value is -0.380. The Kier molecular flexibility index (Phi) is 5.22. The molecule has 1 atom stereocenters. The monoisotopic (exact) mass is 311 g/mol. The SMILES string of the molecule is CCOCC(C)NC1CC(c2cccc(Br)c2)C1. The number of rotatable bonds is 6. The van der Waals surface area contributed by atoms with Crippen molar-refractivity contribution >= 4 is 15.9 Å². The second-order valence-corrected chi connectivity index (χ2v) is 6.06. The highest BCUT2D eigenvalue weighted by Crippen LogP contribution is 2.37. The lowest BCUT2D eigenvalue weighted by Crippen LogP contribution is -2.46. The lowest BCUT2D eigenvalue weighted by Gasteiger charge is -2.38. The molecule has 1 aliphatic carbocycles. The van der Waals surface area contributed by atoms with Crippen molar-refractivity contribution in [2.45, 2.75) is 44.7 Å². The fourth-order valence-electron chi connectivity index (χ4n) is 2.53. The zero-order valence-electron chi connectivity index (χ0n) is 11.2. The molecule has 2 rings (SSSR count). The van der Waals surface area contributed by atoms with Gasteiger partial charge in [-0.2, -0.15) is 0 Å². The van der Waals surface area contributed by atoms with E-state index in [1.54, 1.807) is 0 Å². The Balaban J connectivity index is 1.73. The molecule has 0 aliphatic heterocycles. The molecule has 1 fully saturated rings. The Morgan fingerprint density at radius 3 is 2.89 bits per heavy atom. The third kappa shape index (κ3) is 3.81. The third-order valence-corrected chi connectivity index (χ3v) is 4.04. The van der Waals surface area contributed by atoms with Gasteiger partial charge in [-0.15, -0.1) is 0 Å². The van der Waals surface area contributed by atoms with Gasteiger partial charge in [0.15, 0.2) is 0 Å². The van der Waals surface area contributed by atoms with E-state index in [-0.39, 0.29) is 0 Å². The van der Waals surface area contributed by atoms with E-state index in [0.29, 0.717) is 12.1 Å². The predicted molar refractivity (Wildman–Crippen MR) is 79.0 cm³/mol. The summed E-state index contributed by atoms with van der Waals surface area (Å²) in [7, 11) is 0. The molecule has 0 saturated heterocycles. The molecule has 0 amide bonds. The maximum absolute atomic E-state index is 5.42. The number of nitrogens with one attached hydrogen (secondary N) is 1. The molecule has 1 unspecified atom stereocenters. The largest absolute Gasteiger partial charge is 0.380 e. The van der Waals surface area contributed by atoms with Gasteiger partial charge in [0.2, 0.25) is 0 Å². The predicted octanol–water partition coefficient (Wildman–Crippen LogP) is 3.71. The highest BCUT2D eigenvalue weighted by molar-refractivity contribution is 9.10. The van der Waals surface area contributed by atoms with Crippen molar-refractivity contribution in [2.24, 2.45) is 0 Å². The third-order valence-electron chi connectivity index (χ3n) is 3.55. The number of hydrogen-bond donors (Lipinski definition) is 1. The second-order valence-electron chi connectivity index (χ2n) is 5.15. The lowest BCUT2D eigenvalue weighted by atomic mass is 9.75. The fourth-order valence-corrected chi connectivity index (χ4v) is 2.95. The average molecular weight is 312 g/mol. The molecule has 0 heterocycles. The van der Waals surface area contributed by atoms with Gasteiger partial charge < -0.3 is 10.1 Å². The molecule has 1 aromatic carbocycles. The Morgan fingerprint density at radius 2 is 2.22 bits per heavy atom. The molecule has 1 saturated carbocycles. The summed E-state index contributed by atoms with van der Waals surface area (Å²) < 4.78 is 6.60. The van der Waals surface area contributed by atoms with Crippen LogP contribution in [0.3, 0.4) is 0 Å². The van der Waals surface area contributed by atoms with Crippen LogP contribution in [0.25, 0.3) is 0 Å². The van der Waals surface area contributed by atoms with Gasteiger partial charge in [0.25, 0.3) is 0 Å². The first-order valence-electron chi connectivity index (χ1n) is 6.78. The molecular weight excluding hydrogens is 290 g/mol. The Bertz CT molecular complexity index is 377. The summed E-state index contributed by atoms with van der Waals surface area (Å²) in [5.74, 6) is 0.722. The summed E-state index contributed by atoms with van der Waals surface area (Å²) in [4.78, 5) is 0. The van der Waals surface area contributed by atoms with Gasteiger partial charge in [-0.05, 0) is 50.3 Å². The van der Waals surface area contributed by atoms with E-state index in [4.69, 9.17) is 4.74 Å². The van der Waals surface area contributed by atoms with Crippen LogP contribution in [0.2, 0.25) is 0 Å². The van der Waals surface area contributed by atoms with Gasteiger partial charge >= 0.3 is 0 Å². The maximum atomic E-state index is 5.42. The van der Waals surface area contributed by atoms with Crippen LogP contribution in [0.5, 0.6) is 0 Å². The van der Waals surface area contributed by atoms with Crippen LogP contribution < -0.4 is 5.32 Å². The van der Waals surface area contributed by atoms with Crippen LogP contribution in [-0.4, -0.2) is 25.3 Å². The standard InChI is InChI=1S/C15H22BrNO/c1-3-18-10-11(2)17-15-8-13(9-15)12-5-4-6-14(16)7-12/h4-7,11,13,15,17H,3,8-10H2,1-2H3. The van der Waals surface area contributed by atoms with E-state index in [0.717, 1.165) is 19.1 Å². The van der Waals surface area contributed by atoms with Gasteiger partial charge in [0.1, 0.15) is 0 Å². The highest BCUT2D eigenvalue weighted by Gasteiger charge is 2.30. The Labute approximate surface area is 118 Å². The summed E-state index contributed by atoms with van der Waals surface area (Å²) in [5.41, 5.74) is 1.46. The van der Waals surface area contributed by atoms with Crippen LogP contribution in [0.1, 0.15) is 38.2 Å². The minimum absolute atomic E-state index is 0.457. The number of halogens is 1. The van der Waals surface area contributed by atoms with Crippen molar-refractivity contribution in [1.82, 2.24) is 5.32 Å². The molecule has 0 bridgehead atoms. The second kappa shape index (κ2) is 6.69. The first kappa shape index (κ1) is 14.0. The van der Waals surface area contributed by atoms with E-state index < -0.39 is 0 Å². The van der Waals surface area contributed by atoms with Crippen LogP contribution >= 0.6 is 15.9 Å². The van der Waals surface area contributed by atoms with Crippen LogP contribution in [-0.2, 0) is 4.74 Å². The van der Waals surface area contributed by atoms with Crippen molar-refractivity contribution in [1.29, 1.82) is 0 Å². The van der Waals surface area contributed by atoms with E-state index in [1.165, 1.54) is 22.9 Å². The van der Waals surface area contributed by atoms with Crippen molar-refractivity contribution in [2.75, 3.05) is 13.2 Å². The van der Waals surface area contributed by atoms with E-state index in [2.05, 4.69) is 52.4 Å². The number of benzene rings is 1. The smallest absolute Gasteiger partial charge is 0.0616 e. The highest BCUT2D eigenvalue weighted by atomic mass is 79.9. The molecule has 3 heteroatoms. The fraction of sp³-hybridized carbons (Fsp3) is 0.600. The molecule has 1 aromatic rings. The van der Waals surface area contributed by atoms with Crippen molar-refractivity contribution in [3.05, 3.63) is 34.3 Å². The molecule has 100 valence electrons. The van der Waals surface area contributed by atoms with E-state index >= 15 is 0 Å². The zero-order valence-corrected chi connectivity index (χ0v) is 12.7. The van der Waals surface area contributed by atoms with Crippen molar-refractivity contribution in [3.8, 4) is 0 Å². The maximum Gasteiger partial charge on any atom is 0.0616 e. The number of hydrogen-bond acceptors (Lipinski definition) is 2. The topological polar surface area (TPSA) is 21.3 Å². The molecule has 2 nitrogen and oxygen atoms in total. The van der Waals surface area contributed by atoms with Crippen LogP contribution in [0.15, 0.2) is 28.7 Å². The van der Waals surface area contributed by atoms with Gasteiger partial charge in [0, 0.05) is 23.2 Å². The van der Waals surface area contributed by atoms with Gasteiger partial charge in [-0.25, -0.2) is 0 Å². The minimum atomic E-state index is 0.457. The quantitative estimate of drug-likeness (QED) is 0.864. The zero-order chi connectivity index (χ0) is 13.0. The van der Waals surface area contributed by atoms with Gasteiger partial charge in [0.05, 0.1) is 6.61 Å². The molecule has 0 aromatic heterocycles. The van der Waals surface area contributed by atoms with E-state index in [1.807, 2.05) is 6.92 Å². The molecule has 18 heavy (non-hydrogen) atoms. The summed E-state index contributed by atoms with van der Waals surface area (Å²) >= 11 is 3.54. The van der Waals surface area contributed by atoms with Crippen LogP contribution in [0, 0.1) is 0 Å². The average Bonchev–Trinajstić information content (AvgIpc) is 2.30.